The number of hydrogen-bond donors (Lipinski definition) is 4. The molecule has 0 aromatic heterocycles. The summed E-state index contributed by atoms with van der Waals surface area (Å²) >= 11 is 0. The van der Waals surface area contributed by atoms with E-state index in [9.17, 15) is 0 Å². The van der Waals surface area contributed by atoms with Crippen molar-refractivity contribution >= 4 is 9.05 Å². The van der Waals surface area contributed by atoms with Crippen LogP contribution in [-0.2, 0) is 0 Å². The molecule has 0 aromatic carbocycles. The van der Waals surface area contributed by atoms with Crippen molar-refractivity contribution in [1.29, 1.82) is 0 Å². The lowest BCUT2D eigenvalue weighted by Gasteiger charge is -1.91. The van der Waals surface area contributed by atoms with E-state index in [1.807, 2.05) is 0 Å². The first-order chi connectivity index (χ1) is 21.4. The zero-order valence-corrected chi connectivity index (χ0v) is 23.4. The Morgan fingerprint density at radius 3 is 0.500 bits per heavy atom. The number of rotatable bonds is 0. The SMILES string of the molecule is C#CC#CC#CC#CC#CC#CC#CC#CC#CC#CC#CC#CC#CC#CC#CC#CC#CC#CC#CC.O[Si](O)(O)O. The van der Waals surface area contributed by atoms with Crippen LogP contribution in [-0.4, -0.2) is 28.2 Å². The maximum atomic E-state index is 7.33. The van der Waals surface area contributed by atoms with Gasteiger partial charge in [-0.2, -0.15) is 0 Å². The minimum absolute atomic E-state index is 1.69. The van der Waals surface area contributed by atoms with E-state index in [2.05, 4.69) is 219 Å². The normalized spacial score (nSPS) is 4.82. The van der Waals surface area contributed by atoms with E-state index < -0.39 is 9.05 Å². The van der Waals surface area contributed by atoms with Crippen LogP contribution in [0.5, 0.6) is 0 Å². The average molecular weight is 569 g/mol. The van der Waals surface area contributed by atoms with Crippen LogP contribution in [0.15, 0.2) is 0 Å². The zero-order chi connectivity index (χ0) is 32.7. The lowest BCUT2D eigenvalue weighted by Crippen LogP contribution is -2.33. The summed E-state index contributed by atoms with van der Waals surface area (Å²) in [6.07, 6.45) is 4.93. The van der Waals surface area contributed by atoms with Gasteiger partial charge in [0, 0.05) is 118 Å². The predicted octanol–water partition coefficient (Wildman–Crippen LogP) is -1.91. The van der Waals surface area contributed by atoms with E-state index >= 15 is 0 Å². The molecule has 4 nitrogen and oxygen atoms in total. The van der Waals surface area contributed by atoms with Crippen molar-refractivity contribution in [1.82, 2.24) is 0 Å². The Kier molecular flexibility index (Phi) is 28.1. The van der Waals surface area contributed by atoms with Gasteiger partial charge in [0.25, 0.3) is 0 Å². The van der Waals surface area contributed by atoms with Gasteiger partial charge in [-0.15, -0.1) is 6.42 Å². The van der Waals surface area contributed by atoms with Gasteiger partial charge in [-0.3, -0.25) is 0 Å². The van der Waals surface area contributed by atoms with E-state index in [1.54, 1.807) is 6.92 Å². The minimum atomic E-state index is -4.61. The van der Waals surface area contributed by atoms with Crippen LogP contribution >= 0.6 is 0 Å². The van der Waals surface area contributed by atoms with Gasteiger partial charge in [-0.1, -0.05) is 5.92 Å². The summed E-state index contributed by atoms with van der Waals surface area (Å²) in [4.78, 5) is 29.3. The molecule has 0 aromatic rings. The highest BCUT2D eigenvalue weighted by Crippen LogP contribution is 1.67. The molecule has 0 radical (unpaired) electrons. The third-order valence-corrected chi connectivity index (χ3v) is 2.32. The van der Waals surface area contributed by atoms with Gasteiger partial charge in [-0.25, -0.2) is 0 Å². The van der Waals surface area contributed by atoms with E-state index in [1.165, 1.54) is 0 Å². The first-order valence-electron chi connectivity index (χ1n) is 10.7. The van der Waals surface area contributed by atoms with Crippen molar-refractivity contribution in [3.63, 3.8) is 0 Å². The van der Waals surface area contributed by atoms with Crippen LogP contribution < -0.4 is 0 Å². The van der Waals surface area contributed by atoms with E-state index in [-0.39, 0.29) is 0 Å². The van der Waals surface area contributed by atoms with Crippen molar-refractivity contribution in [3.8, 4) is 225 Å². The van der Waals surface area contributed by atoms with Crippen molar-refractivity contribution in [2.75, 3.05) is 0 Å². The molecule has 0 heterocycles. The topological polar surface area (TPSA) is 80.9 Å². The molecular formula is C39H8O4Si. The second-order valence-electron chi connectivity index (χ2n) is 5.37. The molecule has 0 fully saturated rings. The van der Waals surface area contributed by atoms with E-state index in [0.29, 0.717) is 0 Å². The van der Waals surface area contributed by atoms with Crippen molar-refractivity contribution in [2.24, 2.45) is 0 Å². The van der Waals surface area contributed by atoms with Gasteiger partial charge in [0.15, 0.2) is 0 Å². The number of hydrogen-bond acceptors (Lipinski definition) is 4. The van der Waals surface area contributed by atoms with E-state index in [4.69, 9.17) is 25.6 Å². The Morgan fingerprint density at radius 1 is 0.273 bits per heavy atom. The van der Waals surface area contributed by atoms with Crippen LogP contribution in [0, 0.1) is 225 Å². The van der Waals surface area contributed by atoms with Gasteiger partial charge >= 0.3 is 9.05 Å². The Hall–Kier alpha value is -8.30. The van der Waals surface area contributed by atoms with Crippen LogP contribution in [0.2, 0.25) is 0 Å². The smallest absolute Gasteiger partial charge is 0.368 e. The fourth-order valence-electron chi connectivity index (χ4n) is 1.13. The lowest BCUT2D eigenvalue weighted by atomic mass is 10.4. The second-order valence-corrected chi connectivity index (χ2v) is 6.57. The summed E-state index contributed by atoms with van der Waals surface area (Å²) in [6, 6.07) is 0. The molecule has 192 valence electrons. The summed E-state index contributed by atoms with van der Waals surface area (Å²) < 4.78 is 0. The standard InChI is InChI=1S/C39H4.H4O4Si/c1-3-5-7-9-11-13-15-17-19-21-23-25-27-29-31-33-35-37-39-38-36-34-32-30-28-26-24-22-20-18-16-14-12-10-8-6-4-2;1-5(2,3)4/h1H,2H3;1-4H. The molecule has 5 heteroatoms. The highest BCUT2D eigenvalue weighted by atomic mass is 28.4. The molecular weight excluding hydrogens is 561 g/mol. The van der Waals surface area contributed by atoms with E-state index in [0.717, 1.165) is 0 Å². The van der Waals surface area contributed by atoms with Crippen LogP contribution in [0.1, 0.15) is 6.92 Å². The zero-order valence-electron chi connectivity index (χ0n) is 22.4. The second kappa shape index (κ2) is 32.7. The van der Waals surface area contributed by atoms with Crippen LogP contribution in [0.25, 0.3) is 0 Å². The lowest BCUT2D eigenvalue weighted by molar-refractivity contribution is 0.117. The molecule has 0 bridgehead atoms. The highest BCUT2D eigenvalue weighted by Gasteiger charge is 2.22. The quantitative estimate of drug-likeness (QED) is 0.203. The van der Waals surface area contributed by atoms with Crippen molar-refractivity contribution in [2.45, 2.75) is 6.92 Å². The molecule has 0 atom stereocenters. The molecule has 0 aliphatic heterocycles. The summed E-state index contributed by atoms with van der Waals surface area (Å²) in [5, 5.41) is 0. The Bertz CT molecular complexity index is 2330. The third-order valence-electron chi connectivity index (χ3n) is 2.32. The third kappa shape index (κ3) is 47.0. The molecule has 0 aliphatic carbocycles. The summed E-state index contributed by atoms with van der Waals surface area (Å²) in [7, 11) is -4.61. The van der Waals surface area contributed by atoms with Crippen molar-refractivity contribution < 1.29 is 19.2 Å². The monoisotopic (exact) mass is 568 g/mol. The first kappa shape index (κ1) is 37.8. The summed E-state index contributed by atoms with van der Waals surface area (Å²) in [6.45, 7) is 1.69. The van der Waals surface area contributed by atoms with Crippen LogP contribution in [0.3, 0.4) is 0 Å². The highest BCUT2D eigenvalue weighted by molar-refractivity contribution is 6.46. The fourth-order valence-corrected chi connectivity index (χ4v) is 1.13. The van der Waals surface area contributed by atoms with Gasteiger partial charge in [-0.05, 0) is 102 Å². The molecule has 0 amide bonds. The van der Waals surface area contributed by atoms with Gasteiger partial charge in [0.2, 0.25) is 0 Å². The number of terminal acetylenes is 1. The molecule has 0 saturated carbocycles. The molecule has 0 rings (SSSR count). The molecule has 0 spiro atoms. The molecule has 4 N–H and O–H groups in total. The van der Waals surface area contributed by atoms with Crippen molar-refractivity contribution in [3.05, 3.63) is 0 Å². The largest absolute Gasteiger partial charge is 0.668 e. The molecule has 0 unspecified atom stereocenters. The minimum Gasteiger partial charge on any atom is -0.368 e. The van der Waals surface area contributed by atoms with Crippen LogP contribution in [0.4, 0.5) is 0 Å². The molecule has 0 aliphatic rings. The average Bonchev–Trinajstić information content (AvgIpc) is 2.98. The summed E-state index contributed by atoms with van der Waals surface area (Å²) in [5.41, 5.74) is 0. The Labute approximate surface area is 260 Å². The molecule has 0 saturated heterocycles. The maximum Gasteiger partial charge on any atom is 0.668 e. The summed E-state index contributed by atoms with van der Waals surface area (Å²) in [5.74, 6) is 91.9. The Morgan fingerprint density at radius 2 is 0.386 bits per heavy atom. The predicted molar refractivity (Wildman–Crippen MR) is 169 cm³/mol. The molecule has 44 heavy (non-hydrogen) atoms. The van der Waals surface area contributed by atoms with Gasteiger partial charge in [0.1, 0.15) is 0 Å². The maximum absolute atomic E-state index is 7.33. The Balaban J connectivity index is 0. The fraction of sp³-hybridized carbons (Fsp3) is 0.0256. The first-order valence-corrected chi connectivity index (χ1v) is 12.5. The van der Waals surface area contributed by atoms with Gasteiger partial charge < -0.3 is 19.2 Å². The van der Waals surface area contributed by atoms with Gasteiger partial charge in [0.05, 0.1) is 0 Å².